The lowest BCUT2D eigenvalue weighted by molar-refractivity contribution is -0.114. The molecule has 0 bridgehead atoms. The van der Waals surface area contributed by atoms with Gasteiger partial charge >= 0.3 is 0 Å². The fourth-order valence-electron chi connectivity index (χ4n) is 3.45. The Kier molecular flexibility index (Phi) is 5.50. The predicted molar refractivity (Wildman–Crippen MR) is 96.9 cm³/mol. The van der Waals surface area contributed by atoms with E-state index in [9.17, 15) is 9.90 Å². The molecule has 2 aromatic rings. The smallest absolute Gasteiger partial charge is 0.221 e. The number of rotatable bonds is 5. The van der Waals surface area contributed by atoms with E-state index in [1.54, 1.807) is 6.20 Å². The Bertz CT molecular complexity index is 702. The van der Waals surface area contributed by atoms with Crippen LogP contribution >= 0.6 is 0 Å². The number of nitrogens with one attached hydrogen (secondary N) is 1. The van der Waals surface area contributed by atoms with Gasteiger partial charge in [0, 0.05) is 38.6 Å². The summed E-state index contributed by atoms with van der Waals surface area (Å²) in [7, 11) is 1.92. The van der Waals surface area contributed by atoms with E-state index in [-0.39, 0.29) is 11.8 Å². The van der Waals surface area contributed by atoms with Crippen molar-refractivity contribution in [1.29, 1.82) is 0 Å². The highest BCUT2D eigenvalue weighted by Gasteiger charge is 2.28. The second kappa shape index (κ2) is 7.80. The van der Waals surface area contributed by atoms with Crippen molar-refractivity contribution in [1.82, 2.24) is 14.5 Å². The van der Waals surface area contributed by atoms with Gasteiger partial charge in [0.1, 0.15) is 11.9 Å². The summed E-state index contributed by atoms with van der Waals surface area (Å²) in [5.74, 6) is 0.965. The highest BCUT2D eigenvalue weighted by molar-refractivity contribution is 5.88. The van der Waals surface area contributed by atoms with Gasteiger partial charge in [0.25, 0.3) is 0 Å². The first-order valence-corrected chi connectivity index (χ1v) is 8.77. The summed E-state index contributed by atoms with van der Waals surface area (Å²) >= 11 is 0. The molecule has 0 saturated carbocycles. The molecular weight excluding hydrogens is 316 g/mol. The molecule has 1 aliphatic heterocycles. The molecule has 0 aliphatic carbocycles. The van der Waals surface area contributed by atoms with Crippen molar-refractivity contribution in [3.63, 3.8) is 0 Å². The van der Waals surface area contributed by atoms with Crippen molar-refractivity contribution < 1.29 is 9.90 Å². The first-order chi connectivity index (χ1) is 12.0. The van der Waals surface area contributed by atoms with Crippen LogP contribution in [0.2, 0.25) is 0 Å². The zero-order chi connectivity index (χ0) is 17.8. The summed E-state index contributed by atoms with van der Waals surface area (Å²) in [5, 5.41) is 13.3. The van der Waals surface area contributed by atoms with Gasteiger partial charge in [-0.25, -0.2) is 4.98 Å². The van der Waals surface area contributed by atoms with Gasteiger partial charge in [-0.05, 0) is 49.5 Å². The third-order valence-corrected chi connectivity index (χ3v) is 4.88. The van der Waals surface area contributed by atoms with E-state index < -0.39 is 6.10 Å². The maximum atomic E-state index is 11.1. The number of likely N-dealkylation sites (tertiary alicyclic amines) is 1. The van der Waals surface area contributed by atoms with Crippen LogP contribution in [0.5, 0.6) is 0 Å². The first-order valence-electron chi connectivity index (χ1n) is 8.77. The summed E-state index contributed by atoms with van der Waals surface area (Å²) in [6, 6.07) is 7.99. The van der Waals surface area contributed by atoms with E-state index in [0.717, 1.165) is 44.0 Å². The lowest BCUT2D eigenvalue weighted by Gasteiger charge is -2.34. The number of carbonyl (C=O) groups excluding carboxylic acids is 1. The van der Waals surface area contributed by atoms with Gasteiger partial charge in [0.2, 0.25) is 5.91 Å². The second-order valence-corrected chi connectivity index (χ2v) is 6.83. The fourth-order valence-corrected chi connectivity index (χ4v) is 3.45. The molecule has 25 heavy (non-hydrogen) atoms. The summed E-state index contributed by atoms with van der Waals surface area (Å²) < 4.78 is 1.90. The van der Waals surface area contributed by atoms with E-state index in [2.05, 4.69) is 27.3 Å². The number of hydrogen-bond donors (Lipinski definition) is 2. The van der Waals surface area contributed by atoms with E-state index in [1.807, 2.05) is 29.9 Å². The van der Waals surface area contributed by atoms with Crippen molar-refractivity contribution in [2.45, 2.75) is 32.4 Å². The SMILES string of the molecule is CC(=O)Nc1ccc(CN2CCC(C(O)c3nccn3C)CC2)cc1. The molecule has 1 fully saturated rings. The van der Waals surface area contributed by atoms with Crippen LogP contribution in [-0.2, 0) is 18.4 Å². The fraction of sp³-hybridized carbons (Fsp3) is 0.474. The molecule has 3 rings (SSSR count). The normalized spacial score (nSPS) is 17.4. The zero-order valence-corrected chi connectivity index (χ0v) is 14.9. The molecule has 2 heterocycles. The van der Waals surface area contributed by atoms with Crippen molar-refractivity contribution in [3.8, 4) is 0 Å². The monoisotopic (exact) mass is 342 g/mol. The number of aromatic nitrogens is 2. The van der Waals surface area contributed by atoms with E-state index >= 15 is 0 Å². The van der Waals surface area contributed by atoms with E-state index in [4.69, 9.17) is 0 Å². The van der Waals surface area contributed by atoms with Crippen LogP contribution in [-0.4, -0.2) is 38.6 Å². The zero-order valence-electron chi connectivity index (χ0n) is 14.9. The molecule has 6 heteroatoms. The third-order valence-electron chi connectivity index (χ3n) is 4.88. The van der Waals surface area contributed by atoms with Crippen LogP contribution < -0.4 is 5.32 Å². The van der Waals surface area contributed by atoms with Crippen molar-refractivity contribution in [2.75, 3.05) is 18.4 Å². The number of benzene rings is 1. The van der Waals surface area contributed by atoms with Gasteiger partial charge in [0.15, 0.2) is 0 Å². The Hall–Kier alpha value is -2.18. The molecule has 1 amide bonds. The predicted octanol–water partition coefficient (Wildman–Crippen LogP) is 2.32. The molecule has 1 saturated heterocycles. The number of aliphatic hydroxyl groups is 1. The van der Waals surface area contributed by atoms with Gasteiger partial charge in [-0.3, -0.25) is 9.69 Å². The highest BCUT2D eigenvalue weighted by Crippen LogP contribution is 2.30. The molecule has 0 spiro atoms. The van der Waals surface area contributed by atoms with Crippen LogP contribution in [0.25, 0.3) is 0 Å². The molecule has 2 N–H and O–H groups in total. The molecule has 1 atom stereocenters. The Balaban J connectivity index is 1.51. The number of nitrogens with zero attached hydrogens (tertiary/aromatic N) is 3. The lowest BCUT2D eigenvalue weighted by Crippen LogP contribution is -2.35. The van der Waals surface area contributed by atoms with Crippen LogP contribution in [0.3, 0.4) is 0 Å². The van der Waals surface area contributed by atoms with Crippen molar-refractivity contribution in [2.24, 2.45) is 13.0 Å². The number of amides is 1. The van der Waals surface area contributed by atoms with Crippen LogP contribution in [0.4, 0.5) is 5.69 Å². The van der Waals surface area contributed by atoms with Crippen LogP contribution in [0.15, 0.2) is 36.7 Å². The number of aliphatic hydroxyl groups excluding tert-OH is 1. The Labute approximate surface area is 148 Å². The molecule has 6 nitrogen and oxygen atoms in total. The maximum Gasteiger partial charge on any atom is 0.221 e. The van der Waals surface area contributed by atoms with E-state index in [0.29, 0.717) is 0 Å². The minimum Gasteiger partial charge on any atom is -0.385 e. The summed E-state index contributed by atoms with van der Waals surface area (Å²) in [4.78, 5) is 17.7. The third kappa shape index (κ3) is 4.46. The number of carbonyl (C=O) groups is 1. The topological polar surface area (TPSA) is 70.4 Å². The summed E-state index contributed by atoms with van der Waals surface area (Å²) in [6.45, 7) is 4.35. The molecule has 1 unspecified atom stereocenters. The Morgan fingerprint density at radius 2 is 2.00 bits per heavy atom. The average molecular weight is 342 g/mol. The number of hydrogen-bond acceptors (Lipinski definition) is 4. The standard InChI is InChI=1S/C19H26N4O2/c1-14(24)21-17-5-3-15(4-6-17)13-23-10-7-16(8-11-23)18(25)19-20-9-12-22(19)2/h3-6,9,12,16,18,25H,7-8,10-11,13H2,1-2H3,(H,21,24). The quantitative estimate of drug-likeness (QED) is 0.875. The molecule has 134 valence electrons. The Morgan fingerprint density at radius 3 is 2.56 bits per heavy atom. The molecule has 1 aliphatic rings. The minimum absolute atomic E-state index is 0.0545. The lowest BCUT2D eigenvalue weighted by atomic mass is 9.90. The molecule has 1 aromatic heterocycles. The number of piperidine rings is 1. The number of imidazole rings is 1. The van der Waals surface area contributed by atoms with Gasteiger partial charge in [-0.2, -0.15) is 0 Å². The van der Waals surface area contributed by atoms with Crippen molar-refractivity contribution >= 4 is 11.6 Å². The highest BCUT2D eigenvalue weighted by atomic mass is 16.3. The molecule has 1 aromatic carbocycles. The largest absolute Gasteiger partial charge is 0.385 e. The van der Waals surface area contributed by atoms with Gasteiger partial charge in [0.05, 0.1) is 0 Å². The number of anilines is 1. The average Bonchev–Trinajstić information content (AvgIpc) is 3.02. The second-order valence-electron chi connectivity index (χ2n) is 6.83. The molecular formula is C19H26N4O2. The summed E-state index contributed by atoms with van der Waals surface area (Å²) in [5.41, 5.74) is 2.06. The van der Waals surface area contributed by atoms with Crippen molar-refractivity contribution in [3.05, 3.63) is 48.0 Å². The minimum atomic E-state index is -0.487. The molecule has 0 radical (unpaired) electrons. The number of aryl methyl sites for hydroxylation is 1. The van der Waals surface area contributed by atoms with Gasteiger partial charge in [-0.15, -0.1) is 0 Å². The Morgan fingerprint density at radius 1 is 1.32 bits per heavy atom. The summed E-state index contributed by atoms with van der Waals surface area (Å²) in [6.07, 6.45) is 5.06. The maximum absolute atomic E-state index is 11.1. The van der Waals surface area contributed by atoms with Gasteiger partial charge < -0.3 is 15.0 Å². The van der Waals surface area contributed by atoms with Gasteiger partial charge in [-0.1, -0.05) is 12.1 Å². The van der Waals surface area contributed by atoms with Crippen LogP contribution in [0.1, 0.15) is 37.3 Å². The first kappa shape index (κ1) is 17.6. The van der Waals surface area contributed by atoms with Crippen LogP contribution in [0, 0.1) is 5.92 Å². The van der Waals surface area contributed by atoms with E-state index in [1.165, 1.54) is 12.5 Å².